The zero-order chi connectivity index (χ0) is 13.7. The summed E-state index contributed by atoms with van der Waals surface area (Å²) in [6.45, 7) is 0.984. The van der Waals surface area contributed by atoms with E-state index in [0.717, 1.165) is 24.5 Å². The maximum atomic E-state index is 6.33. The first-order valence-corrected chi connectivity index (χ1v) is 7.81. The fraction of sp³-hybridized carbons (Fsp3) is 0.400. The summed E-state index contributed by atoms with van der Waals surface area (Å²) in [7, 11) is 0. The van der Waals surface area contributed by atoms with Crippen LogP contribution in [0.5, 0.6) is 0 Å². The molecule has 1 saturated carbocycles. The van der Waals surface area contributed by atoms with E-state index in [0.29, 0.717) is 16.0 Å². The van der Waals surface area contributed by atoms with Gasteiger partial charge < -0.3 is 5.32 Å². The molecule has 5 heteroatoms. The highest BCUT2D eigenvalue weighted by Gasteiger charge is 2.31. The number of nitrogens with zero attached hydrogens (tertiary/aromatic N) is 2. The van der Waals surface area contributed by atoms with Gasteiger partial charge >= 0.3 is 0 Å². The average Bonchev–Trinajstić information content (AvgIpc) is 2.91. The first-order chi connectivity index (χ1) is 9.74. The lowest BCUT2D eigenvalue weighted by molar-refractivity contribution is 0.407. The quantitative estimate of drug-likeness (QED) is 0.890. The second-order valence-electron chi connectivity index (χ2n) is 5.52. The van der Waals surface area contributed by atoms with E-state index in [1.54, 1.807) is 6.07 Å². The molecule has 2 heterocycles. The van der Waals surface area contributed by atoms with Crippen LogP contribution in [0.25, 0.3) is 5.69 Å². The molecule has 0 spiro atoms. The first-order valence-electron chi connectivity index (χ1n) is 7.05. The van der Waals surface area contributed by atoms with Crippen LogP contribution < -0.4 is 5.32 Å². The molecular formula is C15H15Cl2N3. The third-order valence-electron chi connectivity index (χ3n) is 4.31. The van der Waals surface area contributed by atoms with E-state index in [-0.39, 0.29) is 0 Å². The van der Waals surface area contributed by atoms with Crippen molar-refractivity contribution in [2.24, 2.45) is 0 Å². The van der Waals surface area contributed by atoms with Crippen LogP contribution in [0.15, 0.2) is 18.2 Å². The van der Waals surface area contributed by atoms with Crippen molar-refractivity contribution in [2.45, 2.75) is 31.6 Å². The van der Waals surface area contributed by atoms with Gasteiger partial charge in [0.15, 0.2) is 0 Å². The molecule has 4 rings (SSSR count). The molecule has 1 aliphatic carbocycles. The molecule has 1 aliphatic heterocycles. The van der Waals surface area contributed by atoms with Gasteiger partial charge in [-0.05, 0) is 37.5 Å². The Labute approximate surface area is 127 Å². The Morgan fingerprint density at radius 2 is 2.10 bits per heavy atom. The van der Waals surface area contributed by atoms with Gasteiger partial charge in [0.1, 0.15) is 5.82 Å². The molecule has 1 aromatic heterocycles. The molecule has 2 aromatic rings. The number of anilines is 1. The number of halogens is 2. The van der Waals surface area contributed by atoms with Crippen LogP contribution in [0.4, 0.5) is 5.82 Å². The van der Waals surface area contributed by atoms with Crippen molar-refractivity contribution in [1.82, 2.24) is 9.78 Å². The third-order valence-corrected chi connectivity index (χ3v) is 4.85. The fourth-order valence-electron chi connectivity index (χ4n) is 3.04. The average molecular weight is 308 g/mol. The van der Waals surface area contributed by atoms with E-state index < -0.39 is 0 Å². The van der Waals surface area contributed by atoms with Crippen LogP contribution in [-0.2, 0) is 6.42 Å². The highest BCUT2D eigenvalue weighted by Crippen LogP contribution is 2.42. The van der Waals surface area contributed by atoms with Gasteiger partial charge in [-0.1, -0.05) is 29.6 Å². The second-order valence-corrected chi connectivity index (χ2v) is 6.37. The summed E-state index contributed by atoms with van der Waals surface area (Å²) in [6.07, 6.45) is 4.91. The number of fused-ring (bicyclic) bond motifs is 1. The van der Waals surface area contributed by atoms with Crippen LogP contribution >= 0.6 is 23.2 Å². The monoisotopic (exact) mass is 307 g/mol. The minimum Gasteiger partial charge on any atom is -0.369 e. The molecular weight excluding hydrogens is 293 g/mol. The van der Waals surface area contributed by atoms with Gasteiger partial charge in [0.05, 0.1) is 16.4 Å². The van der Waals surface area contributed by atoms with Crippen LogP contribution in [0, 0.1) is 0 Å². The number of aromatic nitrogens is 2. The third kappa shape index (κ3) is 1.84. The smallest absolute Gasteiger partial charge is 0.133 e. The zero-order valence-electron chi connectivity index (χ0n) is 11.0. The SMILES string of the molecule is Clc1ccc(-n2nc(C3CCC3)c3c2NCC3)c(Cl)c1. The van der Waals surface area contributed by atoms with E-state index in [9.17, 15) is 0 Å². The Morgan fingerprint density at radius 1 is 1.25 bits per heavy atom. The Kier molecular flexibility index (Phi) is 2.93. The van der Waals surface area contributed by atoms with Gasteiger partial charge in [-0.3, -0.25) is 0 Å². The van der Waals surface area contributed by atoms with Gasteiger partial charge in [-0.2, -0.15) is 5.10 Å². The maximum absolute atomic E-state index is 6.33. The molecule has 1 aromatic carbocycles. The fourth-order valence-corrected chi connectivity index (χ4v) is 3.53. The van der Waals surface area contributed by atoms with Crippen molar-refractivity contribution in [3.8, 4) is 5.69 Å². The minimum atomic E-state index is 0.635. The number of benzene rings is 1. The van der Waals surface area contributed by atoms with E-state index in [1.807, 2.05) is 16.8 Å². The van der Waals surface area contributed by atoms with Gasteiger partial charge in [0.25, 0.3) is 0 Å². The largest absolute Gasteiger partial charge is 0.369 e. The van der Waals surface area contributed by atoms with Gasteiger partial charge in [-0.25, -0.2) is 4.68 Å². The molecule has 1 N–H and O–H groups in total. The summed E-state index contributed by atoms with van der Waals surface area (Å²) in [5, 5.41) is 9.57. The summed E-state index contributed by atoms with van der Waals surface area (Å²) in [5.41, 5.74) is 3.54. The van der Waals surface area contributed by atoms with Gasteiger partial charge in [0.2, 0.25) is 0 Å². The van der Waals surface area contributed by atoms with Crippen molar-refractivity contribution >= 4 is 29.0 Å². The topological polar surface area (TPSA) is 29.9 Å². The molecule has 3 nitrogen and oxygen atoms in total. The zero-order valence-corrected chi connectivity index (χ0v) is 12.5. The minimum absolute atomic E-state index is 0.635. The van der Waals surface area contributed by atoms with Crippen molar-refractivity contribution in [3.05, 3.63) is 39.5 Å². The standard InChI is InChI=1S/C15H15Cl2N3/c16-10-4-5-13(12(17)8-10)20-15-11(6-7-18-15)14(19-20)9-2-1-3-9/h4-5,8-9,18H,1-3,6-7H2. The van der Waals surface area contributed by atoms with Crippen molar-refractivity contribution in [3.63, 3.8) is 0 Å². The number of hydrogen-bond acceptors (Lipinski definition) is 2. The van der Waals surface area contributed by atoms with Crippen molar-refractivity contribution < 1.29 is 0 Å². The van der Waals surface area contributed by atoms with E-state index in [4.69, 9.17) is 28.3 Å². The number of rotatable bonds is 2. The lowest BCUT2D eigenvalue weighted by Gasteiger charge is -2.24. The summed E-state index contributed by atoms with van der Waals surface area (Å²) >= 11 is 12.3. The predicted octanol–water partition coefficient (Wildman–Crippen LogP) is 4.41. The van der Waals surface area contributed by atoms with Crippen LogP contribution in [0.1, 0.15) is 36.4 Å². The molecule has 2 aliphatic rings. The summed E-state index contributed by atoms with van der Waals surface area (Å²) in [5.74, 6) is 1.74. The normalized spacial score (nSPS) is 17.7. The summed E-state index contributed by atoms with van der Waals surface area (Å²) < 4.78 is 1.95. The summed E-state index contributed by atoms with van der Waals surface area (Å²) in [6, 6.07) is 5.56. The molecule has 0 unspecified atom stereocenters. The Balaban J connectivity index is 1.85. The van der Waals surface area contributed by atoms with E-state index in [2.05, 4.69) is 5.32 Å². The molecule has 20 heavy (non-hydrogen) atoms. The van der Waals surface area contributed by atoms with E-state index in [1.165, 1.54) is 30.5 Å². The second kappa shape index (κ2) is 4.68. The Hall–Kier alpha value is -1.19. The Bertz CT molecular complexity index is 674. The highest BCUT2D eigenvalue weighted by atomic mass is 35.5. The predicted molar refractivity (Wildman–Crippen MR) is 82.4 cm³/mol. The van der Waals surface area contributed by atoms with Gasteiger partial charge in [0, 0.05) is 23.0 Å². The molecule has 104 valence electrons. The molecule has 0 atom stereocenters. The molecule has 1 fully saturated rings. The van der Waals surface area contributed by atoms with Crippen LogP contribution in [0.2, 0.25) is 10.0 Å². The lowest BCUT2D eigenvalue weighted by atomic mass is 9.81. The maximum Gasteiger partial charge on any atom is 0.133 e. The van der Waals surface area contributed by atoms with Gasteiger partial charge in [-0.15, -0.1) is 0 Å². The van der Waals surface area contributed by atoms with E-state index >= 15 is 0 Å². The number of nitrogens with one attached hydrogen (secondary N) is 1. The van der Waals surface area contributed by atoms with Crippen molar-refractivity contribution in [1.29, 1.82) is 0 Å². The molecule has 0 saturated heterocycles. The molecule has 0 radical (unpaired) electrons. The molecule has 0 amide bonds. The van der Waals surface area contributed by atoms with Crippen LogP contribution in [0.3, 0.4) is 0 Å². The van der Waals surface area contributed by atoms with Crippen molar-refractivity contribution in [2.75, 3.05) is 11.9 Å². The Morgan fingerprint density at radius 3 is 2.80 bits per heavy atom. The summed E-state index contributed by atoms with van der Waals surface area (Å²) in [4.78, 5) is 0. The lowest BCUT2D eigenvalue weighted by Crippen LogP contribution is -2.12. The number of hydrogen-bond donors (Lipinski definition) is 1. The van der Waals surface area contributed by atoms with Crippen LogP contribution in [-0.4, -0.2) is 16.3 Å². The molecule has 0 bridgehead atoms. The first kappa shape index (κ1) is 12.5. The highest BCUT2D eigenvalue weighted by molar-refractivity contribution is 6.35.